The second-order valence-corrected chi connectivity index (χ2v) is 16.3. The van der Waals surface area contributed by atoms with Crippen molar-refractivity contribution in [2.75, 3.05) is 31.1 Å². The number of anilines is 2. The molecule has 5 N–H and O–H groups in total. The number of nitrogens with two attached hydrogens (primary N) is 1. The highest BCUT2D eigenvalue weighted by Gasteiger charge is 2.47. The van der Waals surface area contributed by atoms with Gasteiger partial charge in [-0.1, -0.05) is 107 Å². The molecule has 2 heterocycles. The number of hydrogen-bond donors (Lipinski definition) is 4. The van der Waals surface area contributed by atoms with Gasteiger partial charge < -0.3 is 31.4 Å². The van der Waals surface area contributed by atoms with Crippen LogP contribution in [0.2, 0.25) is 20.1 Å². The third kappa shape index (κ3) is 11.0. The first kappa shape index (κ1) is 46.1. The minimum absolute atomic E-state index is 0.125. The lowest BCUT2D eigenvalue weighted by molar-refractivity contribution is -0.157. The quantitative estimate of drug-likeness (QED) is 0.0748. The van der Waals surface area contributed by atoms with Crippen LogP contribution in [0.4, 0.5) is 11.4 Å². The lowest BCUT2D eigenvalue weighted by atomic mass is 9.91. The number of ether oxygens (including phenoxy) is 2. The van der Waals surface area contributed by atoms with Crippen LogP contribution in [0.5, 0.6) is 0 Å². The molecule has 2 fully saturated rings. The Morgan fingerprint density at radius 1 is 0.656 bits per heavy atom. The summed E-state index contributed by atoms with van der Waals surface area (Å²) in [5.74, 6) is 7.91. The summed E-state index contributed by atoms with van der Waals surface area (Å²) < 4.78 is 11.5. The molecule has 2 unspecified atom stereocenters. The van der Waals surface area contributed by atoms with E-state index in [2.05, 4.69) is 38.0 Å². The van der Waals surface area contributed by atoms with Gasteiger partial charge in [0.25, 0.3) is 0 Å². The smallest absolute Gasteiger partial charge is 0.249 e. The summed E-state index contributed by atoms with van der Waals surface area (Å²) in [6.45, 7) is 6.27. The van der Waals surface area contributed by atoms with Crippen LogP contribution in [0.1, 0.15) is 50.7 Å². The molecule has 0 spiro atoms. The highest BCUT2D eigenvalue weighted by molar-refractivity contribution is 6.35. The van der Waals surface area contributed by atoms with Crippen molar-refractivity contribution in [3.8, 4) is 0 Å². The number of hydrogen-bond acceptors (Lipinski definition) is 10. The molecule has 4 aromatic rings. The van der Waals surface area contributed by atoms with Gasteiger partial charge in [0, 0.05) is 38.5 Å². The molecule has 0 aromatic heterocycles. The molecule has 2 saturated heterocycles. The molecular formula is C43H42Cl4N8O6. The molecule has 14 nitrogen and oxygen atoms in total. The molecule has 4 aromatic carbocycles. The summed E-state index contributed by atoms with van der Waals surface area (Å²) in [4.78, 5) is 55.8. The summed E-state index contributed by atoms with van der Waals surface area (Å²) >= 11 is 24.0. The Hall–Kier alpha value is -5.98. The van der Waals surface area contributed by atoms with Gasteiger partial charge in [-0.05, 0) is 75.2 Å². The van der Waals surface area contributed by atoms with E-state index in [1.54, 1.807) is 95.4 Å². The molecule has 2 aliphatic heterocycles. The zero-order valence-electron chi connectivity index (χ0n) is 33.6. The van der Waals surface area contributed by atoms with Crippen LogP contribution in [0, 0.1) is 0 Å². The zero-order valence-corrected chi connectivity index (χ0v) is 36.7. The van der Waals surface area contributed by atoms with Gasteiger partial charge in [0.05, 0.1) is 11.7 Å². The molecule has 0 aliphatic carbocycles. The van der Waals surface area contributed by atoms with E-state index in [-0.39, 0.29) is 36.8 Å². The standard InChI is InChI=1S/C22H22Cl2N4O3.C21H20Cl2N4O3/c1-22(2,21(30)27-17-10-15(23)9-16(24)11-17)28-13-31-18(12-26-25-3)19(20(28)29)14-7-5-4-6-8-14;1-21(2,20(29)26-16-9-14(22)8-15(23)10-16)27-12-30-17(11-25-24)18(19(27)28)13-6-4-3-5-7-13/h4-11,19,25H,13H2,1-3H3,(H,27,30);3-10,18H,12,24H2,1-2H3,(H,26,29). The number of carbonyl (C=O) groups is 4. The van der Waals surface area contributed by atoms with Gasteiger partial charge in [-0.25, -0.2) is 0 Å². The number of benzene rings is 4. The minimum atomic E-state index is -1.25. The van der Waals surface area contributed by atoms with E-state index >= 15 is 0 Å². The highest BCUT2D eigenvalue weighted by atomic mass is 35.5. The molecule has 318 valence electrons. The summed E-state index contributed by atoms with van der Waals surface area (Å²) in [7, 11) is 1.62. The first-order chi connectivity index (χ1) is 29.0. The molecule has 61 heavy (non-hydrogen) atoms. The number of nitrogens with one attached hydrogen (secondary N) is 3. The van der Waals surface area contributed by atoms with Crippen LogP contribution in [0.25, 0.3) is 0 Å². The van der Waals surface area contributed by atoms with Gasteiger partial charge in [0.1, 0.15) is 22.9 Å². The monoisotopic (exact) mass is 906 g/mol. The molecule has 2 atom stereocenters. The number of carbonyl (C=O) groups excluding carboxylic acids is 4. The third-order valence-corrected chi connectivity index (χ3v) is 10.5. The molecule has 4 amide bonds. The Bertz CT molecular complexity index is 2380. The topological polar surface area (TPSA) is 180 Å². The van der Waals surface area contributed by atoms with Crippen molar-refractivity contribution < 1.29 is 28.7 Å². The average Bonchev–Trinajstić information content (AvgIpc) is 3.20. The molecule has 0 bridgehead atoms. The second kappa shape index (κ2) is 20.1. The Labute approximate surface area is 372 Å². The summed E-state index contributed by atoms with van der Waals surface area (Å²) in [6, 6.07) is 27.6. The molecule has 18 heteroatoms. The lowest BCUT2D eigenvalue weighted by Crippen LogP contribution is -2.59. The third-order valence-electron chi connectivity index (χ3n) is 9.67. The number of nitrogens with zero attached hydrogens (tertiary/aromatic N) is 4. The van der Waals surface area contributed by atoms with Crippen LogP contribution < -0.4 is 21.9 Å². The average molecular weight is 909 g/mol. The summed E-state index contributed by atoms with van der Waals surface area (Å²) in [6.07, 6.45) is 0. The van der Waals surface area contributed by atoms with Crippen LogP contribution in [0.3, 0.4) is 0 Å². The largest absolute Gasteiger partial charge is 0.466 e. The molecule has 0 radical (unpaired) electrons. The molecule has 6 rings (SSSR count). The van der Waals surface area contributed by atoms with E-state index in [1.807, 2.05) is 36.4 Å². The van der Waals surface area contributed by atoms with Crippen LogP contribution in [-0.2, 0) is 28.7 Å². The number of amides is 4. The van der Waals surface area contributed by atoms with Crippen LogP contribution in [0.15, 0.2) is 119 Å². The maximum Gasteiger partial charge on any atom is 0.249 e. The van der Waals surface area contributed by atoms with Crippen molar-refractivity contribution in [2.24, 2.45) is 16.0 Å². The highest BCUT2D eigenvalue weighted by Crippen LogP contribution is 2.36. The van der Waals surface area contributed by atoms with Crippen molar-refractivity contribution in [1.82, 2.24) is 15.2 Å². The van der Waals surface area contributed by atoms with Crippen molar-refractivity contribution in [1.29, 1.82) is 0 Å². The maximum atomic E-state index is 13.5. The predicted octanol–water partition coefficient (Wildman–Crippen LogP) is 7.74. The van der Waals surface area contributed by atoms with Crippen molar-refractivity contribution >= 4 is 93.1 Å². The van der Waals surface area contributed by atoms with Crippen LogP contribution in [-0.4, -0.2) is 76.8 Å². The van der Waals surface area contributed by atoms with E-state index in [4.69, 9.17) is 61.7 Å². The molecule has 2 aliphatic rings. The first-order valence-corrected chi connectivity index (χ1v) is 20.0. The SMILES string of the molecule is CC(C)(C(=O)Nc1cc(Cl)cc(Cl)c1)N1COC(=C=NN)C(c2ccccc2)C1=O.CNN=C=C1OCN(C(C)(C)C(=O)Nc2cc(Cl)cc(Cl)c2)C(=O)C1c1ccccc1. The second-order valence-electron chi connectivity index (χ2n) is 14.5. The Morgan fingerprint density at radius 3 is 1.36 bits per heavy atom. The van der Waals surface area contributed by atoms with Gasteiger partial charge in [-0.3, -0.25) is 29.0 Å². The van der Waals surface area contributed by atoms with E-state index in [9.17, 15) is 19.2 Å². The molecule has 0 saturated carbocycles. The normalized spacial score (nSPS) is 16.4. The van der Waals surface area contributed by atoms with E-state index < -0.39 is 34.7 Å². The van der Waals surface area contributed by atoms with Gasteiger partial charge in [0.15, 0.2) is 25.0 Å². The van der Waals surface area contributed by atoms with Crippen molar-refractivity contribution in [3.63, 3.8) is 0 Å². The fourth-order valence-corrected chi connectivity index (χ4v) is 7.34. The fourth-order valence-electron chi connectivity index (χ4n) is 6.28. The number of halogens is 4. The van der Waals surface area contributed by atoms with Crippen LogP contribution >= 0.6 is 46.4 Å². The first-order valence-electron chi connectivity index (χ1n) is 18.5. The lowest BCUT2D eigenvalue weighted by Gasteiger charge is -2.42. The van der Waals surface area contributed by atoms with Gasteiger partial charge >= 0.3 is 0 Å². The summed E-state index contributed by atoms with van der Waals surface area (Å²) in [5, 5.41) is 14.3. The maximum absolute atomic E-state index is 13.5. The Morgan fingerprint density at radius 2 is 1.02 bits per heavy atom. The summed E-state index contributed by atoms with van der Waals surface area (Å²) in [5.41, 5.74) is 2.37. The number of hydrazone groups is 2. The fraction of sp³-hybridized carbons (Fsp3) is 0.256. The zero-order chi connectivity index (χ0) is 44.5. The van der Waals surface area contributed by atoms with Gasteiger partial charge in [-0.15, -0.1) is 10.2 Å². The van der Waals surface area contributed by atoms with E-state index in [0.717, 1.165) is 0 Å². The predicted molar refractivity (Wildman–Crippen MR) is 237 cm³/mol. The Kier molecular flexibility index (Phi) is 15.2. The molecular weight excluding hydrogens is 866 g/mol. The van der Waals surface area contributed by atoms with Gasteiger partial charge in [0.2, 0.25) is 23.6 Å². The van der Waals surface area contributed by atoms with Crippen molar-refractivity contribution in [2.45, 2.75) is 50.6 Å². The van der Waals surface area contributed by atoms with E-state index in [0.29, 0.717) is 42.6 Å². The number of rotatable bonds is 9. The van der Waals surface area contributed by atoms with Crippen molar-refractivity contribution in [3.05, 3.63) is 140 Å². The van der Waals surface area contributed by atoms with E-state index in [1.165, 1.54) is 9.80 Å². The Balaban J connectivity index is 0.000000231. The minimum Gasteiger partial charge on any atom is -0.466 e. The van der Waals surface area contributed by atoms with Gasteiger partial charge in [-0.2, -0.15) is 0 Å².